The molecule has 0 radical (unpaired) electrons. The molecule has 19 heavy (non-hydrogen) atoms. The average Bonchev–Trinajstić information content (AvgIpc) is 2.89. The first-order valence-electron chi connectivity index (χ1n) is 6.25. The molecule has 0 unspecified atom stereocenters. The maximum Gasteiger partial charge on any atom is 0.0964 e. The monoisotopic (exact) mass is 358 g/mol. The minimum absolute atomic E-state index is 0. The molecule has 5 heteroatoms. The number of nitrogens with zero attached hydrogens (tertiary/aromatic N) is 1. The fourth-order valence-electron chi connectivity index (χ4n) is 2.32. The van der Waals surface area contributed by atoms with E-state index in [1.807, 2.05) is 6.07 Å². The SMILES string of the molecule is Brc1cccc(-c2csc(C3CCNCC3)n2)c1.Cl. The summed E-state index contributed by atoms with van der Waals surface area (Å²) in [6.07, 6.45) is 2.43. The van der Waals surface area contributed by atoms with Crippen LogP contribution in [0.3, 0.4) is 0 Å². The summed E-state index contributed by atoms with van der Waals surface area (Å²) >= 11 is 5.31. The van der Waals surface area contributed by atoms with Crippen molar-refractivity contribution < 1.29 is 0 Å². The van der Waals surface area contributed by atoms with E-state index in [0.717, 1.165) is 23.3 Å². The highest BCUT2D eigenvalue weighted by molar-refractivity contribution is 9.10. The van der Waals surface area contributed by atoms with Crippen molar-refractivity contribution in [3.8, 4) is 11.3 Å². The van der Waals surface area contributed by atoms with Gasteiger partial charge < -0.3 is 5.32 Å². The quantitative estimate of drug-likeness (QED) is 0.856. The summed E-state index contributed by atoms with van der Waals surface area (Å²) in [7, 11) is 0. The first kappa shape index (κ1) is 15.0. The van der Waals surface area contributed by atoms with Crippen LogP contribution < -0.4 is 5.32 Å². The number of aromatic nitrogens is 1. The van der Waals surface area contributed by atoms with Gasteiger partial charge >= 0.3 is 0 Å². The second kappa shape index (κ2) is 6.84. The smallest absolute Gasteiger partial charge is 0.0964 e. The second-order valence-corrected chi connectivity index (χ2v) is 6.41. The molecule has 0 amide bonds. The maximum atomic E-state index is 4.82. The van der Waals surface area contributed by atoms with Gasteiger partial charge in [0.25, 0.3) is 0 Å². The van der Waals surface area contributed by atoms with Crippen LogP contribution in [0.5, 0.6) is 0 Å². The lowest BCUT2D eigenvalue weighted by atomic mass is 9.99. The van der Waals surface area contributed by atoms with Crippen LogP contribution in [0.1, 0.15) is 23.8 Å². The highest BCUT2D eigenvalue weighted by Crippen LogP contribution is 2.31. The molecule has 2 nitrogen and oxygen atoms in total. The Morgan fingerprint density at radius 3 is 2.79 bits per heavy atom. The summed E-state index contributed by atoms with van der Waals surface area (Å²) in [4.78, 5) is 4.82. The molecule has 2 heterocycles. The molecule has 1 saturated heterocycles. The van der Waals surface area contributed by atoms with Gasteiger partial charge in [0.1, 0.15) is 0 Å². The van der Waals surface area contributed by atoms with Crippen LogP contribution in [0.2, 0.25) is 0 Å². The van der Waals surface area contributed by atoms with E-state index in [1.165, 1.54) is 23.4 Å². The summed E-state index contributed by atoms with van der Waals surface area (Å²) in [6.45, 7) is 2.24. The summed E-state index contributed by atoms with van der Waals surface area (Å²) in [5, 5.41) is 6.88. The molecule has 1 aromatic carbocycles. The lowest BCUT2D eigenvalue weighted by Gasteiger charge is -2.20. The van der Waals surface area contributed by atoms with Crippen LogP contribution in [-0.2, 0) is 0 Å². The lowest BCUT2D eigenvalue weighted by molar-refractivity contribution is 0.459. The van der Waals surface area contributed by atoms with Crippen LogP contribution in [0.4, 0.5) is 0 Å². The summed E-state index contributed by atoms with van der Waals surface area (Å²) in [5.74, 6) is 0.650. The van der Waals surface area contributed by atoms with Gasteiger partial charge in [-0.1, -0.05) is 28.1 Å². The second-order valence-electron chi connectivity index (χ2n) is 4.61. The van der Waals surface area contributed by atoms with E-state index in [4.69, 9.17) is 4.98 Å². The summed E-state index contributed by atoms with van der Waals surface area (Å²) < 4.78 is 1.11. The molecule has 1 aliphatic heterocycles. The fraction of sp³-hybridized carbons (Fsp3) is 0.357. The van der Waals surface area contributed by atoms with E-state index in [-0.39, 0.29) is 12.4 Å². The Hall–Kier alpha value is -0.420. The molecule has 1 aromatic heterocycles. The predicted molar refractivity (Wildman–Crippen MR) is 87.3 cm³/mol. The van der Waals surface area contributed by atoms with Crippen LogP contribution in [-0.4, -0.2) is 18.1 Å². The molecule has 0 saturated carbocycles. The fourth-order valence-corrected chi connectivity index (χ4v) is 3.72. The number of benzene rings is 1. The number of hydrogen-bond donors (Lipinski definition) is 1. The van der Waals surface area contributed by atoms with Gasteiger partial charge in [0.15, 0.2) is 0 Å². The molecule has 0 atom stereocenters. The van der Waals surface area contributed by atoms with Gasteiger partial charge in [-0.2, -0.15) is 0 Å². The molecule has 0 spiro atoms. The molecule has 3 rings (SSSR count). The van der Waals surface area contributed by atoms with E-state index < -0.39 is 0 Å². The van der Waals surface area contributed by atoms with Gasteiger partial charge in [0, 0.05) is 21.3 Å². The number of halogens is 2. The molecule has 1 N–H and O–H groups in total. The van der Waals surface area contributed by atoms with Gasteiger partial charge in [-0.25, -0.2) is 4.98 Å². The number of nitrogens with one attached hydrogen (secondary N) is 1. The predicted octanol–water partition coefficient (Wildman–Crippen LogP) is 4.46. The molecule has 2 aromatic rings. The van der Waals surface area contributed by atoms with Crippen molar-refractivity contribution in [2.45, 2.75) is 18.8 Å². The number of thiazole rings is 1. The Balaban J connectivity index is 0.00000133. The average molecular weight is 360 g/mol. The van der Waals surface area contributed by atoms with Crippen LogP contribution in [0.15, 0.2) is 34.1 Å². The normalized spacial score (nSPS) is 16.1. The highest BCUT2D eigenvalue weighted by atomic mass is 79.9. The molecule has 0 aliphatic carbocycles. The Morgan fingerprint density at radius 1 is 1.26 bits per heavy atom. The van der Waals surface area contributed by atoms with E-state index in [1.54, 1.807) is 11.3 Å². The zero-order valence-electron chi connectivity index (χ0n) is 10.4. The lowest BCUT2D eigenvalue weighted by Crippen LogP contribution is -2.26. The van der Waals surface area contributed by atoms with Crippen molar-refractivity contribution in [1.29, 1.82) is 0 Å². The zero-order chi connectivity index (χ0) is 12.4. The Morgan fingerprint density at radius 2 is 2.05 bits per heavy atom. The van der Waals surface area contributed by atoms with E-state index in [0.29, 0.717) is 5.92 Å². The molecule has 1 fully saturated rings. The minimum atomic E-state index is 0. The molecule has 0 bridgehead atoms. The van der Waals surface area contributed by atoms with Crippen LogP contribution in [0.25, 0.3) is 11.3 Å². The minimum Gasteiger partial charge on any atom is -0.317 e. The standard InChI is InChI=1S/C14H15BrN2S.ClH/c15-12-3-1-2-11(8-12)13-9-18-14(17-13)10-4-6-16-7-5-10;/h1-3,8-10,16H,4-7H2;1H. The van der Waals surface area contributed by atoms with Crippen molar-refractivity contribution in [3.63, 3.8) is 0 Å². The largest absolute Gasteiger partial charge is 0.317 e. The third kappa shape index (κ3) is 3.57. The Labute approximate surface area is 132 Å². The van der Waals surface area contributed by atoms with Crippen molar-refractivity contribution in [1.82, 2.24) is 10.3 Å². The highest BCUT2D eigenvalue weighted by Gasteiger charge is 2.18. The van der Waals surface area contributed by atoms with E-state index >= 15 is 0 Å². The van der Waals surface area contributed by atoms with Gasteiger partial charge in [-0.05, 0) is 38.1 Å². The van der Waals surface area contributed by atoms with E-state index in [9.17, 15) is 0 Å². The Kier molecular flexibility index (Phi) is 5.39. The van der Waals surface area contributed by atoms with Gasteiger partial charge in [0.2, 0.25) is 0 Å². The number of piperidine rings is 1. The van der Waals surface area contributed by atoms with Crippen molar-refractivity contribution in [3.05, 3.63) is 39.1 Å². The zero-order valence-corrected chi connectivity index (χ0v) is 13.7. The topological polar surface area (TPSA) is 24.9 Å². The number of hydrogen-bond acceptors (Lipinski definition) is 3. The van der Waals surface area contributed by atoms with Gasteiger partial charge in [0.05, 0.1) is 10.7 Å². The maximum absolute atomic E-state index is 4.82. The van der Waals surface area contributed by atoms with Gasteiger partial charge in [-0.15, -0.1) is 23.7 Å². The van der Waals surface area contributed by atoms with Crippen molar-refractivity contribution in [2.24, 2.45) is 0 Å². The van der Waals surface area contributed by atoms with Gasteiger partial charge in [-0.3, -0.25) is 0 Å². The third-order valence-electron chi connectivity index (χ3n) is 3.33. The van der Waals surface area contributed by atoms with Crippen LogP contribution >= 0.6 is 39.7 Å². The first-order valence-corrected chi connectivity index (χ1v) is 7.92. The van der Waals surface area contributed by atoms with Crippen LogP contribution in [0, 0.1) is 0 Å². The number of rotatable bonds is 2. The summed E-state index contributed by atoms with van der Waals surface area (Å²) in [5.41, 5.74) is 2.30. The third-order valence-corrected chi connectivity index (χ3v) is 4.83. The molecular formula is C14H16BrClN2S. The van der Waals surface area contributed by atoms with Crippen molar-refractivity contribution in [2.75, 3.05) is 13.1 Å². The molecule has 102 valence electrons. The van der Waals surface area contributed by atoms with Crippen molar-refractivity contribution >= 4 is 39.7 Å². The Bertz CT molecular complexity index is 538. The summed E-state index contributed by atoms with van der Waals surface area (Å²) in [6, 6.07) is 8.35. The molecular weight excluding hydrogens is 344 g/mol. The first-order chi connectivity index (χ1) is 8.83. The van der Waals surface area contributed by atoms with E-state index in [2.05, 4.69) is 44.8 Å². The molecule has 1 aliphatic rings.